The topological polar surface area (TPSA) is 86.8 Å². The van der Waals surface area contributed by atoms with Crippen molar-refractivity contribution in [3.8, 4) is 0 Å². The quantitative estimate of drug-likeness (QED) is 0.418. The van der Waals surface area contributed by atoms with Gasteiger partial charge < -0.3 is 10.2 Å². The zero-order valence-corrected chi connectivity index (χ0v) is 24.0. The Labute approximate surface area is 224 Å². The molecule has 0 heterocycles. The van der Waals surface area contributed by atoms with E-state index in [9.17, 15) is 18.0 Å². The van der Waals surface area contributed by atoms with E-state index in [4.69, 9.17) is 23.2 Å². The fourth-order valence-corrected chi connectivity index (χ4v) is 5.13. The average Bonchev–Trinajstić information content (AvgIpc) is 2.77. The van der Waals surface area contributed by atoms with Gasteiger partial charge in [0.15, 0.2) is 0 Å². The van der Waals surface area contributed by atoms with Gasteiger partial charge in [0.1, 0.15) is 6.04 Å². The van der Waals surface area contributed by atoms with Gasteiger partial charge in [-0.25, -0.2) is 8.42 Å². The van der Waals surface area contributed by atoms with E-state index in [2.05, 4.69) is 5.32 Å². The van der Waals surface area contributed by atoms with Crippen molar-refractivity contribution in [1.29, 1.82) is 0 Å². The molecule has 10 heteroatoms. The highest BCUT2D eigenvalue weighted by Gasteiger charge is 2.27. The highest BCUT2D eigenvalue weighted by Crippen LogP contribution is 2.26. The Balaban J connectivity index is 2.23. The molecule has 0 aliphatic carbocycles. The van der Waals surface area contributed by atoms with Gasteiger partial charge in [0.05, 0.1) is 22.0 Å². The lowest BCUT2D eigenvalue weighted by atomic mass is 10.1. The second-order valence-electron chi connectivity index (χ2n) is 9.34. The molecule has 0 radical (unpaired) electrons. The van der Waals surface area contributed by atoms with Gasteiger partial charge in [-0.2, -0.15) is 0 Å². The summed E-state index contributed by atoms with van der Waals surface area (Å²) < 4.78 is 26.5. The number of amides is 2. The molecule has 0 unspecified atom stereocenters. The minimum Gasteiger partial charge on any atom is -0.352 e. The summed E-state index contributed by atoms with van der Waals surface area (Å²) >= 11 is 12.2. The zero-order valence-electron chi connectivity index (χ0n) is 21.6. The predicted octanol–water partition coefficient (Wildman–Crippen LogP) is 5.10. The third-order valence-corrected chi connectivity index (χ3v) is 7.64. The van der Waals surface area contributed by atoms with Gasteiger partial charge in [-0.3, -0.25) is 13.9 Å². The van der Waals surface area contributed by atoms with Crippen LogP contribution in [0.2, 0.25) is 10.0 Å². The van der Waals surface area contributed by atoms with E-state index in [1.54, 1.807) is 25.1 Å². The minimum atomic E-state index is -3.56. The molecule has 0 bridgehead atoms. The Bertz CT molecular complexity index is 1200. The van der Waals surface area contributed by atoms with Crippen LogP contribution in [0.15, 0.2) is 36.4 Å². The number of nitrogens with one attached hydrogen (secondary N) is 1. The van der Waals surface area contributed by atoms with Gasteiger partial charge in [0, 0.05) is 25.6 Å². The van der Waals surface area contributed by atoms with Crippen LogP contribution in [-0.2, 0) is 26.2 Å². The van der Waals surface area contributed by atoms with E-state index in [0.717, 1.165) is 22.9 Å². The first-order chi connectivity index (χ1) is 16.7. The minimum absolute atomic E-state index is 0.0670. The Kier molecular flexibility index (Phi) is 10.6. The molecule has 0 aromatic heterocycles. The number of hydrogen-bond acceptors (Lipinski definition) is 4. The molecule has 0 aliphatic heterocycles. The second-order valence-corrected chi connectivity index (χ2v) is 12.1. The number of sulfonamides is 1. The molecule has 0 saturated heterocycles. The number of rotatable bonds is 11. The third-order valence-electron chi connectivity index (χ3n) is 5.72. The monoisotopic (exact) mass is 555 g/mol. The Morgan fingerprint density at radius 1 is 1.00 bits per heavy atom. The van der Waals surface area contributed by atoms with Crippen LogP contribution in [0, 0.1) is 13.8 Å². The fraction of sp³-hybridized carbons (Fsp3) is 0.462. The van der Waals surface area contributed by atoms with Crippen molar-refractivity contribution in [1.82, 2.24) is 10.2 Å². The average molecular weight is 557 g/mol. The number of nitrogens with zero attached hydrogens (tertiary/aromatic N) is 2. The van der Waals surface area contributed by atoms with Crippen LogP contribution in [0.5, 0.6) is 0 Å². The molecule has 7 nitrogen and oxygen atoms in total. The van der Waals surface area contributed by atoms with Gasteiger partial charge >= 0.3 is 0 Å². The molecule has 0 spiro atoms. The molecule has 36 heavy (non-hydrogen) atoms. The summed E-state index contributed by atoms with van der Waals surface area (Å²) in [6.07, 6.45) is 1.51. The predicted molar refractivity (Wildman–Crippen MR) is 147 cm³/mol. The zero-order chi connectivity index (χ0) is 27.2. The van der Waals surface area contributed by atoms with Crippen molar-refractivity contribution in [2.75, 3.05) is 17.1 Å². The number of halogens is 2. The van der Waals surface area contributed by atoms with Crippen LogP contribution in [0.25, 0.3) is 0 Å². The van der Waals surface area contributed by atoms with Gasteiger partial charge in [-0.15, -0.1) is 0 Å². The van der Waals surface area contributed by atoms with Crippen LogP contribution in [0.1, 0.15) is 50.3 Å². The highest BCUT2D eigenvalue weighted by atomic mass is 35.5. The number of anilines is 1. The number of aryl methyl sites for hydroxylation is 2. The van der Waals surface area contributed by atoms with Crippen LogP contribution >= 0.6 is 23.2 Å². The molecule has 1 atom stereocenters. The summed E-state index contributed by atoms with van der Waals surface area (Å²) in [4.78, 5) is 27.6. The molecular formula is C26H35Cl2N3O4S. The number of hydrogen-bond donors (Lipinski definition) is 1. The van der Waals surface area contributed by atoms with E-state index < -0.39 is 16.1 Å². The number of carbonyl (C=O) groups excluding carboxylic acids is 2. The van der Waals surface area contributed by atoms with E-state index in [1.165, 1.54) is 9.21 Å². The SMILES string of the molecule is Cc1ccc(C)c(N(CCCC(=O)N(Cc2ccc(Cl)c(Cl)c2)[C@H](C)C(=O)NC(C)C)S(C)(=O)=O)c1. The largest absolute Gasteiger partial charge is 0.352 e. The first-order valence-corrected chi connectivity index (χ1v) is 14.4. The standard InChI is InChI=1S/C26H35Cl2N3O4S/c1-17(2)29-26(33)20(5)30(16-21-11-12-22(27)23(28)15-21)25(32)8-7-13-31(36(6,34)35)24-14-18(3)9-10-19(24)4/h9-12,14-15,17,20H,7-8,13,16H2,1-6H3,(H,29,33)/t20-/m1/s1. The summed E-state index contributed by atoms with van der Waals surface area (Å²) in [5, 5.41) is 3.60. The first kappa shape index (κ1) is 29.9. The first-order valence-electron chi connectivity index (χ1n) is 11.8. The molecule has 0 aliphatic rings. The van der Waals surface area contributed by atoms with Crippen LogP contribution < -0.4 is 9.62 Å². The fourth-order valence-electron chi connectivity index (χ4n) is 3.79. The van der Waals surface area contributed by atoms with Crippen molar-refractivity contribution >= 4 is 50.7 Å². The van der Waals surface area contributed by atoms with Gasteiger partial charge in [0.2, 0.25) is 21.8 Å². The lowest BCUT2D eigenvalue weighted by molar-refractivity contribution is -0.140. The maximum atomic E-state index is 13.3. The molecule has 2 aromatic carbocycles. The van der Waals surface area contributed by atoms with Crippen molar-refractivity contribution in [3.05, 3.63) is 63.1 Å². The second kappa shape index (κ2) is 12.8. The molecule has 198 valence electrons. The molecule has 2 amide bonds. The molecule has 1 N–H and O–H groups in total. The van der Waals surface area contributed by atoms with Gasteiger partial charge in [0.25, 0.3) is 0 Å². The summed E-state index contributed by atoms with van der Waals surface area (Å²) in [5.41, 5.74) is 3.10. The molecule has 0 saturated carbocycles. The van der Waals surface area contributed by atoms with E-state index in [0.29, 0.717) is 15.7 Å². The molecule has 0 fully saturated rings. The van der Waals surface area contributed by atoms with Crippen molar-refractivity contribution in [2.45, 2.75) is 66.1 Å². The van der Waals surface area contributed by atoms with Crippen molar-refractivity contribution < 1.29 is 18.0 Å². The lowest BCUT2D eigenvalue weighted by Gasteiger charge is -2.30. The maximum Gasteiger partial charge on any atom is 0.242 e. The highest BCUT2D eigenvalue weighted by molar-refractivity contribution is 7.92. The van der Waals surface area contributed by atoms with Crippen LogP contribution in [0.3, 0.4) is 0 Å². The van der Waals surface area contributed by atoms with Gasteiger partial charge in [-0.1, -0.05) is 41.4 Å². The van der Waals surface area contributed by atoms with Crippen LogP contribution in [-0.4, -0.2) is 50.0 Å². The Morgan fingerprint density at radius 3 is 2.25 bits per heavy atom. The Morgan fingerprint density at radius 2 is 1.67 bits per heavy atom. The normalized spacial score (nSPS) is 12.4. The van der Waals surface area contributed by atoms with Crippen LogP contribution in [0.4, 0.5) is 5.69 Å². The Hall–Kier alpha value is -2.29. The summed E-state index contributed by atoms with van der Waals surface area (Å²) in [6.45, 7) is 9.43. The molecule has 2 rings (SSSR count). The van der Waals surface area contributed by atoms with E-state index in [-0.39, 0.29) is 43.8 Å². The molecular weight excluding hydrogens is 521 g/mol. The summed E-state index contributed by atoms with van der Waals surface area (Å²) in [6, 6.07) is 9.88. The number of benzene rings is 2. The molecule has 2 aromatic rings. The smallest absolute Gasteiger partial charge is 0.242 e. The van der Waals surface area contributed by atoms with Crippen molar-refractivity contribution in [3.63, 3.8) is 0 Å². The van der Waals surface area contributed by atoms with Gasteiger partial charge in [-0.05, 0) is 75.9 Å². The summed E-state index contributed by atoms with van der Waals surface area (Å²) in [5.74, 6) is -0.534. The lowest BCUT2D eigenvalue weighted by Crippen LogP contribution is -2.49. The maximum absolute atomic E-state index is 13.3. The third kappa shape index (κ3) is 8.39. The van der Waals surface area contributed by atoms with Crippen molar-refractivity contribution in [2.24, 2.45) is 0 Å². The summed E-state index contributed by atoms with van der Waals surface area (Å²) in [7, 11) is -3.56. The number of carbonyl (C=O) groups is 2. The van der Waals surface area contributed by atoms with E-state index in [1.807, 2.05) is 45.9 Å². The van der Waals surface area contributed by atoms with E-state index >= 15 is 0 Å².